The van der Waals surface area contributed by atoms with Crippen molar-refractivity contribution in [1.82, 2.24) is 14.9 Å². The fourth-order valence-corrected chi connectivity index (χ4v) is 1.80. The molecule has 1 fully saturated rings. The fourth-order valence-electron chi connectivity index (χ4n) is 1.80. The Morgan fingerprint density at radius 1 is 1.25 bits per heavy atom. The lowest BCUT2D eigenvalue weighted by molar-refractivity contribution is 0.724. The Kier molecular flexibility index (Phi) is 3.09. The molecule has 1 aliphatic heterocycles. The molecule has 1 aromatic rings. The second-order valence-electron chi connectivity index (χ2n) is 3.95. The molecule has 1 saturated heterocycles. The first-order chi connectivity index (χ1) is 7.68. The molecule has 0 unspecified atom stereocenters. The predicted molar refractivity (Wildman–Crippen MR) is 62.0 cm³/mol. The number of H-pyrrole nitrogens is 1. The second-order valence-corrected chi connectivity index (χ2v) is 3.95. The first-order valence-electron chi connectivity index (χ1n) is 5.44. The van der Waals surface area contributed by atoms with E-state index in [9.17, 15) is 9.59 Å². The van der Waals surface area contributed by atoms with E-state index in [2.05, 4.69) is 10.3 Å². The number of nitrogens with one attached hydrogen (secondary N) is 2. The Bertz CT molecular complexity index is 437. The quantitative estimate of drug-likeness (QED) is 0.633. The van der Waals surface area contributed by atoms with E-state index in [-0.39, 0.29) is 11.2 Å². The number of aromatic nitrogens is 2. The largest absolute Gasteiger partial charge is 0.357 e. The summed E-state index contributed by atoms with van der Waals surface area (Å²) in [6.07, 6.45) is 1.01. The van der Waals surface area contributed by atoms with E-state index in [1.54, 1.807) is 0 Å². The SMILES string of the molecule is Cn1c(=O)cc(N2CCCNCC2)[nH]c1=O. The summed E-state index contributed by atoms with van der Waals surface area (Å²) >= 11 is 0. The van der Waals surface area contributed by atoms with Crippen LogP contribution in [0, 0.1) is 0 Å². The molecule has 0 amide bonds. The van der Waals surface area contributed by atoms with Crippen LogP contribution >= 0.6 is 0 Å². The highest BCUT2D eigenvalue weighted by atomic mass is 16.2. The Morgan fingerprint density at radius 3 is 2.81 bits per heavy atom. The summed E-state index contributed by atoms with van der Waals surface area (Å²) in [7, 11) is 1.47. The molecule has 16 heavy (non-hydrogen) atoms. The normalized spacial score (nSPS) is 17.2. The minimum atomic E-state index is -0.361. The van der Waals surface area contributed by atoms with Crippen molar-refractivity contribution in [3.8, 4) is 0 Å². The highest BCUT2D eigenvalue weighted by molar-refractivity contribution is 5.36. The van der Waals surface area contributed by atoms with E-state index in [1.807, 2.05) is 4.90 Å². The van der Waals surface area contributed by atoms with E-state index in [1.165, 1.54) is 13.1 Å². The zero-order valence-electron chi connectivity index (χ0n) is 9.32. The molecule has 6 nitrogen and oxygen atoms in total. The van der Waals surface area contributed by atoms with Crippen molar-refractivity contribution in [1.29, 1.82) is 0 Å². The van der Waals surface area contributed by atoms with Gasteiger partial charge in [-0.2, -0.15) is 0 Å². The van der Waals surface area contributed by atoms with Crippen LogP contribution in [-0.2, 0) is 7.05 Å². The van der Waals surface area contributed by atoms with Crippen LogP contribution in [0.3, 0.4) is 0 Å². The molecule has 6 heteroatoms. The van der Waals surface area contributed by atoms with Gasteiger partial charge in [-0.15, -0.1) is 0 Å². The van der Waals surface area contributed by atoms with Crippen molar-refractivity contribution >= 4 is 5.82 Å². The van der Waals surface area contributed by atoms with Crippen molar-refractivity contribution < 1.29 is 0 Å². The van der Waals surface area contributed by atoms with Crippen LogP contribution in [0.25, 0.3) is 0 Å². The van der Waals surface area contributed by atoms with Crippen molar-refractivity contribution in [3.05, 3.63) is 26.9 Å². The Hall–Kier alpha value is -1.56. The molecule has 2 heterocycles. The van der Waals surface area contributed by atoms with Crippen LogP contribution in [0.2, 0.25) is 0 Å². The molecule has 88 valence electrons. The van der Waals surface area contributed by atoms with Crippen LogP contribution in [0.1, 0.15) is 6.42 Å². The van der Waals surface area contributed by atoms with Crippen molar-refractivity contribution in [3.63, 3.8) is 0 Å². The van der Waals surface area contributed by atoms with Crippen molar-refractivity contribution in [2.75, 3.05) is 31.1 Å². The molecule has 1 aliphatic rings. The molecule has 2 rings (SSSR count). The van der Waals surface area contributed by atoms with Crippen molar-refractivity contribution in [2.45, 2.75) is 6.42 Å². The number of anilines is 1. The average molecular weight is 224 g/mol. The van der Waals surface area contributed by atoms with Gasteiger partial charge in [-0.05, 0) is 13.0 Å². The summed E-state index contributed by atoms with van der Waals surface area (Å²) < 4.78 is 1.07. The molecule has 2 N–H and O–H groups in total. The summed E-state index contributed by atoms with van der Waals surface area (Å²) in [6.45, 7) is 3.52. The maximum absolute atomic E-state index is 11.5. The standard InChI is InChI=1S/C10H16N4O2/c1-13-9(15)7-8(12-10(13)16)14-5-2-3-11-4-6-14/h7,11H,2-6H2,1H3,(H,12,16). The Labute approximate surface area is 92.9 Å². The number of rotatable bonds is 1. The first-order valence-corrected chi connectivity index (χ1v) is 5.44. The lowest BCUT2D eigenvalue weighted by Gasteiger charge is -2.21. The van der Waals surface area contributed by atoms with Gasteiger partial charge in [-0.25, -0.2) is 4.79 Å². The van der Waals surface area contributed by atoms with Gasteiger partial charge in [-0.1, -0.05) is 0 Å². The number of hydrogen-bond donors (Lipinski definition) is 2. The van der Waals surface area contributed by atoms with Gasteiger partial charge >= 0.3 is 5.69 Å². The lowest BCUT2D eigenvalue weighted by Crippen LogP contribution is -2.37. The number of hydrogen-bond acceptors (Lipinski definition) is 4. The zero-order valence-corrected chi connectivity index (χ0v) is 9.32. The molecule has 0 radical (unpaired) electrons. The summed E-state index contributed by atoms with van der Waals surface area (Å²) in [5.41, 5.74) is -0.629. The Balaban J connectivity index is 2.32. The Morgan fingerprint density at radius 2 is 2.06 bits per heavy atom. The van der Waals surface area contributed by atoms with Crippen molar-refractivity contribution in [2.24, 2.45) is 7.05 Å². The maximum atomic E-state index is 11.5. The van der Waals surface area contributed by atoms with Gasteiger partial charge in [-0.3, -0.25) is 14.3 Å². The topological polar surface area (TPSA) is 70.1 Å². The van der Waals surface area contributed by atoms with E-state index < -0.39 is 0 Å². The van der Waals surface area contributed by atoms with E-state index >= 15 is 0 Å². The van der Waals surface area contributed by atoms with Gasteiger partial charge in [0.1, 0.15) is 5.82 Å². The smallest absolute Gasteiger partial charge is 0.329 e. The molecule has 0 saturated carbocycles. The summed E-state index contributed by atoms with van der Waals surface area (Å²) in [6, 6.07) is 1.48. The van der Waals surface area contributed by atoms with Gasteiger partial charge in [0, 0.05) is 32.7 Å². The monoisotopic (exact) mass is 224 g/mol. The molecule has 0 bridgehead atoms. The molecular weight excluding hydrogens is 208 g/mol. The minimum absolute atomic E-state index is 0.268. The third-order valence-electron chi connectivity index (χ3n) is 2.81. The van der Waals surface area contributed by atoms with Gasteiger partial charge in [0.25, 0.3) is 5.56 Å². The summed E-state index contributed by atoms with van der Waals surface area (Å²) in [5, 5.41) is 3.27. The minimum Gasteiger partial charge on any atom is -0.357 e. The maximum Gasteiger partial charge on any atom is 0.329 e. The molecule has 0 aromatic carbocycles. The third kappa shape index (κ3) is 2.16. The van der Waals surface area contributed by atoms with Crippen LogP contribution in [-0.4, -0.2) is 35.7 Å². The van der Waals surface area contributed by atoms with Gasteiger partial charge in [0.2, 0.25) is 0 Å². The number of aromatic amines is 1. The van der Waals surface area contributed by atoms with Crippen LogP contribution in [0.15, 0.2) is 15.7 Å². The van der Waals surface area contributed by atoms with E-state index in [0.717, 1.165) is 37.2 Å². The summed E-state index contributed by atoms with van der Waals surface area (Å²) in [5.74, 6) is 0.622. The summed E-state index contributed by atoms with van der Waals surface area (Å²) in [4.78, 5) is 27.7. The molecule has 0 aliphatic carbocycles. The zero-order chi connectivity index (χ0) is 11.5. The molecule has 1 aromatic heterocycles. The van der Waals surface area contributed by atoms with Crippen LogP contribution in [0.4, 0.5) is 5.82 Å². The van der Waals surface area contributed by atoms with Gasteiger partial charge in [0.15, 0.2) is 0 Å². The fraction of sp³-hybridized carbons (Fsp3) is 0.600. The third-order valence-corrected chi connectivity index (χ3v) is 2.81. The molecular formula is C10H16N4O2. The van der Waals surface area contributed by atoms with Crippen LogP contribution < -0.4 is 21.5 Å². The van der Waals surface area contributed by atoms with E-state index in [0.29, 0.717) is 5.82 Å². The van der Waals surface area contributed by atoms with E-state index in [4.69, 9.17) is 0 Å². The van der Waals surface area contributed by atoms with Crippen LogP contribution in [0.5, 0.6) is 0 Å². The highest BCUT2D eigenvalue weighted by Gasteiger charge is 2.11. The molecule has 0 spiro atoms. The van der Waals surface area contributed by atoms with Gasteiger partial charge < -0.3 is 10.2 Å². The second kappa shape index (κ2) is 4.52. The average Bonchev–Trinajstić information content (AvgIpc) is 2.53. The predicted octanol–water partition coefficient (Wildman–Crippen LogP) is -1.13. The van der Waals surface area contributed by atoms with Gasteiger partial charge in [0.05, 0.1) is 0 Å². The first kappa shape index (κ1) is 10.9. The lowest BCUT2D eigenvalue weighted by atomic mass is 10.4. The molecule has 0 atom stereocenters. The number of nitrogens with zero attached hydrogens (tertiary/aromatic N) is 2. The highest BCUT2D eigenvalue weighted by Crippen LogP contribution is 2.06.